The summed E-state index contributed by atoms with van der Waals surface area (Å²) in [5.74, 6) is 0. The average Bonchev–Trinajstić information content (AvgIpc) is 2.48. The highest BCUT2D eigenvalue weighted by Crippen LogP contribution is 2.41. The summed E-state index contributed by atoms with van der Waals surface area (Å²) in [6, 6.07) is 8.41. The first kappa shape index (κ1) is 15.5. The Morgan fingerprint density at radius 2 is 1.95 bits per heavy atom. The van der Waals surface area contributed by atoms with E-state index in [0.29, 0.717) is 6.61 Å². The van der Waals surface area contributed by atoms with Crippen molar-refractivity contribution in [2.45, 2.75) is 70.5 Å². The summed E-state index contributed by atoms with van der Waals surface area (Å²) in [6.45, 7) is 4.88. The van der Waals surface area contributed by atoms with Gasteiger partial charge in [-0.25, -0.2) is 0 Å². The maximum atomic E-state index is 10.9. The van der Waals surface area contributed by atoms with Gasteiger partial charge in [-0.3, -0.25) is 0 Å². The molecule has 112 valence electrons. The standard InChI is InChI=1S/C18H28O2/c1-3-9-15-10-8-11-16(14-15)17(19)18(20-4-2)12-6-5-7-13-18/h8,10-11,14,17,19H,3-7,9,12-13H2,1-2H3. The van der Waals surface area contributed by atoms with Crippen LogP contribution in [-0.2, 0) is 11.2 Å². The van der Waals surface area contributed by atoms with Crippen LogP contribution < -0.4 is 0 Å². The molecule has 0 aromatic heterocycles. The lowest BCUT2D eigenvalue weighted by molar-refractivity contribution is -0.141. The van der Waals surface area contributed by atoms with Crippen molar-refractivity contribution in [2.24, 2.45) is 0 Å². The van der Waals surface area contributed by atoms with Crippen molar-refractivity contribution in [1.82, 2.24) is 0 Å². The van der Waals surface area contributed by atoms with Gasteiger partial charge in [0.05, 0.1) is 5.60 Å². The molecule has 1 saturated carbocycles. The molecule has 0 bridgehead atoms. The molecular formula is C18H28O2. The summed E-state index contributed by atoms with van der Waals surface area (Å²) in [5, 5.41) is 10.9. The van der Waals surface area contributed by atoms with Crippen LogP contribution in [0.15, 0.2) is 24.3 Å². The second kappa shape index (κ2) is 7.24. The normalized spacial score (nSPS) is 19.8. The highest BCUT2D eigenvalue weighted by molar-refractivity contribution is 5.27. The van der Waals surface area contributed by atoms with E-state index < -0.39 is 6.10 Å². The van der Waals surface area contributed by atoms with E-state index in [1.54, 1.807) is 0 Å². The molecule has 0 amide bonds. The Morgan fingerprint density at radius 1 is 1.20 bits per heavy atom. The van der Waals surface area contributed by atoms with E-state index in [-0.39, 0.29) is 5.60 Å². The molecule has 1 N–H and O–H groups in total. The minimum Gasteiger partial charge on any atom is -0.385 e. The van der Waals surface area contributed by atoms with Gasteiger partial charge in [-0.15, -0.1) is 0 Å². The van der Waals surface area contributed by atoms with Crippen molar-refractivity contribution < 1.29 is 9.84 Å². The van der Waals surface area contributed by atoms with Gasteiger partial charge in [-0.1, -0.05) is 56.9 Å². The van der Waals surface area contributed by atoms with E-state index in [4.69, 9.17) is 4.74 Å². The smallest absolute Gasteiger partial charge is 0.108 e. The molecule has 0 spiro atoms. The summed E-state index contributed by atoms with van der Waals surface area (Å²) < 4.78 is 6.04. The third kappa shape index (κ3) is 3.42. The summed E-state index contributed by atoms with van der Waals surface area (Å²) in [6.07, 6.45) is 7.23. The van der Waals surface area contributed by atoms with Crippen molar-refractivity contribution in [1.29, 1.82) is 0 Å². The molecule has 0 heterocycles. The van der Waals surface area contributed by atoms with E-state index in [0.717, 1.165) is 44.1 Å². The molecule has 1 aromatic carbocycles. The first-order chi connectivity index (χ1) is 9.72. The molecule has 0 aliphatic heterocycles. The van der Waals surface area contributed by atoms with E-state index in [2.05, 4.69) is 25.1 Å². The fourth-order valence-corrected chi connectivity index (χ4v) is 3.45. The quantitative estimate of drug-likeness (QED) is 0.834. The molecule has 1 unspecified atom stereocenters. The van der Waals surface area contributed by atoms with Crippen LogP contribution in [0.5, 0.6) is 0 Å². The molecule has 2 nitrogen and oxygen atoms in total. The highest BCUT2D eigenvalue weighted by atomic mass is 16.5. The fourth-order valence-electron chi connectivity index (χ4n) is 3.45. The Hall–Kier alpha value is -0.860. The minimum absolute atomic E-state index is 0.363. The summed E-state index contributed by atoms with van der Waals surface area (Å²) >= 11 is 0. The molecule has 2 rings (SSSR count). The van der Waals surface area contributed by atoms with Crippen molar-refractivity contribution in [3.05, 3.63) is 35.4 Å². The number of hydrogen-bond donors (Lipinski definition) is 1. The van der Waals surface area contributed by atoms with Crippen LogP contribution in [0.25, 0.3) is 0 Å². The van der Waals surface area contributed by atoms with Crippen molar-refractivity contribution >= 4 is 0 Å². The first-order valence-corrected chi connectivity index (χ1v) is 8.12. The van der Waals surface area contributed by atoms with Gasteiger partial charge in [0.15, 0.2) is 0 Å². The number of hydrogen-bond acceptors (Lipinski definition) is 2. The van der Waals surface area contributed by atoms with Crippen LogP contribution in [0, 0.1) is 0 Å². The zero-order valence-electron chi connectivity index (χ0n) is 12.9. The first-order valence-electron chi connectivity index (χ1n) is 8.12. The largest absolute Gasteiger partial charge is 0.385 e. The van der Waals surface area contributed by atoms with Gasteiger partial charge in [-0.05, 0) is 37.3 Å². The molecule has 1 atom stereocenters. The van der Waals surface area contributed by atoms with Crippen LogP contribution in [0.2, 0.25) is 0 Å². The predicted molar refractivity (Wildman–Crippen MR) is 82.8 cm³/mol. The summed E-state index contributed by atoms with van der Waals surface area (Å²) in [7, 11) is 0. The molecular weight excluding hydrogens is 248 g/mol. The molecule has 0 radical (unpaired) electrons. The van der Waals surface area contributed by atoms with E-state index in [1.165, 1.54) is 12.0 Å². The maximum Gasteiger partial charge on any atom is 0.108 e. The van der Waals surface area contributed by atoms with Gasteiger partial charge < -0.3 is 9.84 Å². The number of aliphatic hydroxyl groups excluding tert-OH is 1. The lowest BCUT2D eigenvalue weighted by Gasteiger charge is -2.41. The topological polar surface area (TPSA) is 29.5 Å². The molecule has 1 aliphatic carbocycles. The van der Waals surface area contributed by atoms with Crippen molar-refractivity contribution in [2.75, 3.05) is 6.61 Å². The van der Waals surface area contributed by atoms with Crippen LogP contribution >= 0.6 is 0 Å². The summed E-state index contributed by atoms with van der Waals surface area (Å²) in [5.41, 5.74) is 1.97. The lowest BCUT2D eigenvalue weighted by atomic mass is 9.78. The Morgan fingerprint density at radius 3 is 2.60 bits per heavy atom. The van der Waals surface area contributed by atoms with Gasteiger partial charge in [0.25, 0.3) is 0 Å². The van der Waals surface area contributed by atoms with Crippen molar-refractivity contribution in [3.63, 3.8) is 0 Å². The Balaban J connectivity index is 2.22. The molecule has 20 heavy (non-hydrogen) atoms. The minimum atomic E-state index is -0.500. The zero-order chi connectivity index (χ0) is 14.4. The molecule has 1 fully saturated rings. The number of rotatable bonds is 6. The van der Waals surface area contributed by atoms with Crippen LogP contribution in [-0.4, -0.2) is 17.3 Å². The van der Waals surface area contributed by atoms with Crippen LogP contribution in [0.3, 0.4) is 0 Å². The second-order valence-corrected chi connectivity index (χ2v) is 5.96. The average molecular weight is 276 g/mol. The number of benzene rings is 1. The number of aryl methyl sites for hydroxylation is 1. The van der Waals surface area contributed by atoms with Crippen molar-refractivity contribution in [3.8, 4) is 0 Å². The zero-order valence-corrected chi connectivity index (χ0v) is 12.9. The highest BCUT2D eigenvalue weighted by Gasteiger charge is 2.40. The van der Waals surface area contributed by atoms with Gasteiger partial charge in [0.2, 0.25) is 0 Å². The van der Waals surface area contributed by atoms with E-state index >= 15 is 0 Å². The van der Waals surface area contributed by atoms with E-state index in [1.807, 2.05) is 13.0 Å². The SMILES string of the molecule is CCCc1cccc(C(O)C2(OCC)CCCCC2)c1. The number of ether oxygens (including phenoxy) is 1. The lowest BCUT2D eigenvalue weighted by Crippen LogP contribution is -2.41. The Kier molecular flexibility index (Phi) is 5.62. The van der Waals surface area contributed by atoms with Gasteiger partial charge in [-0.2, -0.15) is 0 Å². The maximum absolute atomic E-state index is 10.9. The molecule has 0 saturated heterocycles. The Labute approximate surface area is 123 Å². The molecule has 2 heteroatoms. The number of aliphatic hydroxyl groups is 1. The fraction of sp³-hybridized carbons (Fsp3) is 0.667. The molecule has 1 aromatic rings. The van der Waals surface area contributed by atoms with Gasteiger partial charge in [0.1, 0.15) is 6.10 Å². The monoisotopic (exact) mass is 276 g/mol. The Bertz CT molecular complexity index is 402. The third-order valence-corrected chi connectivity index (χ3v) is 4.44. The molecule has 1 aliphatic rings. The van der Waals surface area contributed by atoms with E-state index in [9.17, 15) is 5.11 Å². The predicted octanol–water partition coefficient (Wildman–Crippen LogP) is 4.41. The summed E-state index contributed by atoms with van der Waals surface area (Å²) in [4.78, 5) is 0. The van der Waals surface area contributed by atoms with Crippen LogP contribution in [0.4, 0.5) is 0 Å². The van der Waals surface area contributed by atoms with Crippen LogP contribution in [0.1, 0.15) is 69.6 Å². The van der Waals surface area contributed by atoms with Gasteiger partial charge >= 0.3 is 0 Å². The van der Waals surface area contributed by atoms with Gasteiger partial charge in [0, 0.05) is 6.61 Å². The second-order valence-electron chi connectivity index (χ2n) is 5.96. The third-order valence-electron chi connectivity index (χ3n) is 4.44.